The fourth-order valence-corrected chi connectivity index (χ4v) is 5.10. The maximum atomic E-state index is 13.1. The van der Waals surface area contributed by atoms with E-state index >= 15 is 0 Å². The number of hydrogen-bond acceptors (Lipinski definition) is 6. The molecule has 0 aromatic heterocycles. The van der Waals surface area contributed by atoms with Gasteiger partial charge in [-0.15, -0.1) is 0 Å². The minimum atomic E-state index is -4.02. The summed E-state index contributed by atoms with van der Waals surface area (Å²) in [6.07, 6.45) is 0.876. The van der Waals surface area contributed by atoms with Crippen LogP contribution in [0.1, 0.15) is 32.3 Å². The number of nitrogens with zero attached hydrogens (tertiary/aromatic N) is 3. The van der Waals surface area contributed by atoms with Crippen molar-refractivity contribution in [3.05, 3.63) is 64.1 Å². The lowest BCUT2D eigenvalue weighted by molar-refractivity contribution is 0.428. The van der Waals surface area contributed by atoms with E-state index in [2.05, 4.69) is 14.8 Å². The van der Waals surface area contributed by atoms with Gasteiger partial charge in [-0.1, -0.05) is 42.3 Å². The largest absolute Gasteiger partial charge is 0.264 e. The van der Waals surface area contributed by atoms with Crippen LogP contribution < -0.4 is 9.86 Å². The minimum absolute atomic E-state index is 0.000599. The van der Waals surface area contributed by atoms with Crippen molar-refractivity contribution in [2.24, 2.45) is 21.2 Å². The van der Waals surface area contributed by atoms with E-state index in [1.54, 1.807) is 12.1 Å². The zero-order chi connectivity index (χ0) is 25.8. The van der Waals surface area contributed by atoms with E-state index in [4.69, 9.17) is 28.3 Å². The molecule has 13 heteroatoms. The standard InChI is InChI=1S/C22H27Cl2N5O4S2/c1-3-16-14-29(27-21(16)17-4-6-18(23)7-5-17)22(26-13-12-15(2)34(25,30)31)28-35(32,33)20-10-8-19(24)9-11-20/h4-11,15-16H,3,12-14H2,1-2H3,(H,26,28)(H2,25,30,31)/t15-,16+/m0/s1. The molecular weight excluding hydrogens is 533 g/mol. The number of aliphatic imine (C=N–C) groups is 1. The first-order valence-electron chi connectivity index (χ1n) is 10.9. The van der Waals surface area contributed by atoms with Crippen LogP contribution in [0.2, 0.25) is 10.0 Å². The van der Waals surface area contributed by atoms with Gasteiger partial charge in [0.1, 0.15) is 0 Å². The molecule has 1 aliphatic rings. The molecule has 0 aliphatic carbocycles. The second kappa shape index (κ2) is 11.3. The highest BCUT2D eigenvalue weighted by Crippen LogP contribution is 2.24. The van der Waals surface area contributed by atoms with Crippen LogP contribution in [0.4, 0.5) is 0 Å². The van der Waals surface area contributed by atoms with Crippen molar-refractivity contribution in [2.75, 3.05) is 13.1 Å². The van der Waals surface area contributed by atoms with Gasteiger partial charge in [-0.3, -0.25) is 4.99 Å². The summed E-state index contributed by atoms with van der Waals surface area (Å²) in [5, 5.41) is 11.5. The van der Waals surface area contributed by atoms with Crippen molar-refractivity contribution in [3.63, 3.8) is 0 Å². The summed E-state index contributed by atoms with van der Waals surface area (Å²) in [4.78, 5) is 4.38. The normalized spacial score (nSPS) is 17.9. The van der Waals surface area contributed by atoms with Gasteiger partial charge in [-0.25, -0.2) is 31.7 Å². The summed E-state index contributed by atoms with van der Waals surface area (Å²) in [5.41, 5.74) is 1.65. The van der Waals surface area contributed by atoms with E-state index in [1.807, 2.05) is 19.1 Å². The fourth-order valence-electron chi connectivity index (χ4n) is 3.39. The monoisotopic (exact) mass is 559 g/mol. The molecule has 0 bridgehead atoms. The quantitative estimate of drug-likeness (QED) is 0.377. The maximum absolute atomic E-state index is 13.1. The molecule has 2 aromatic rings. The number of guanidine groups is 1. The Labute approximate surface area is 216 Å². The third kappa shape index (κ3) is 7.17. The lowest BCUT2D eigenvalue weighted by Crippen LogP contribution is -2.41. The van der Waals surface area contributed by atoms with Gasteiger partial charge in [0.2, 0.25) is 16.0 Å². The molecule has 1 aliphatic heterocycles. The summed E-state index contributed by atoms with van der Waals surface area (Å²) in [5.74, 6) is 0.00809. The number of halogens is 2. The van der Waals surface area contributed by atoms with Crippen LogP contribution in [0.15, 0.2) is 63.5 Å². The summed E-state index contributed by atoms with van der Waals surface area (Å²) < 4.78 is 51.8. The summed E-state index contributed by atoms with van der Waals surface area (Å²) in [6, 6.07) is 13.0. The zero-order valence-electron chi connectivity index (χ0n) is 19.2. The number of hydrogen-bond donors (Lipinski definition) is 2. The lowest BCUT2D eigenvalue weighted by Gasteiger charge is -2.19. The highest BCUT2D eigenvalue weighted by molar-refractivity contribution is 7.90. The average molecular weight is 561 g/mol. The van der Waals surface area contributed by atoms with Gasteiger partial charge in [0.05, 0.1) is 22.4 Å². The number of benzene rings is 2. The topological polar surface area (TPSA) is 134 Å². The Morgan fingerprint density at radius 3 is 2.23 bits per heavy atom. The molecule has 0 saturated carbocycles. The van der Waals surface area contributed by atoms with E-state index in [0.29, 0.717) is 16.6 Å². The maximum Gasteiger partial charge on any atom is 0.264 e. The second-order valence-electron chi connectivity index (χ2n) is 8.13. The highest BCUT2D eigenvalue weighted by atomic mass is 35.5. The molecule has 3 N–H and O–H groups in total. The molecule has 2 atom stereocenters. The summed E-state index contributed by atoms with van der Waals surface area (Å²) in [6.45, 7) is 3.90. The highest BCUT2D eigenvalue weighted by Gasteiger charge is 2.31. The van der Waals surface area contributed by atoms with Crippen molar-refractivity contribution in [2.45, 2.75) is 36.8 Å². The van der Waals surface area contributed by atoms with E-state index < -0.39 is 25.3 Å². The van der Waals surface area contributed by atoms with Crippen LogP contribution in [-0.4, -0.2) is 51.9 Å². The number of primary sulfonamides is 1. The van der Waals surface area contributed by atoms with Crippen LogP contribution in [0.25, 0.3) is 0 Å². The van der Waals surface area contributed by atoms with E-state index in [-0.39, 0.29) is 29.7 Å². The van der Waals surface area contributed by atoms with Gasteiger partial charge in [-0.05, 0) is 61.7 Å². The molecule has 9 nitrogen and oxygen atoms in total. The summed E-state index contributed by atoms with van der Waals surface area (Å²) in [7, 11) is -7.75. The molecule has 0 unspecified atom stereocenters. The molecule has 1 heterocycles. The second-order valence-corrected chi connectivity index (χ2v) is 12.7. The summed E-state index contributed by atoms with van der Waals surface area (Å²) >= 11 is 11.9. The van der Waals surface area contributed by atoms with Gasteiger partial charge in [0.15, 0.2) is 0 Å². The van der Waals surface area contributed by atoms with E-state index in [0.717, 1.165) is 17.7 Å². The Kier molecular flexibility index (Phi) is 8.81. The van der Waals surface area contributed by atoms with Gasteiger partial charge in [0, 0.05) is 22.5 Å². The molecule has 0 amide bonds. The van der Waals surface area contributed by atoms with E-state index in [1.165, 1.54) is 36.2 Å². The molecule has 190 valence electrons. The third-order valence-corrected chi connectivity index (χ3v) is 8.80. The molecule has 35 heavy (non-hydrogen) atoms. The molecule has 2 aromatic carbocycles. The van der Waals surface area contributed by atoms with Gasteiger partial charge in [-0.2, -0.15) is 5.10 Å². The predicted octanol–water partition coefficient (Wildman–Crippen LogP) is 3.44. The van der Waals surface area contributed by atoms with Crippen LogP contribution in [0, 0.1) is 5.92 Å². The lowest BCUT2D eigenvalue weighted by atomic mass is 9.95. The van der Waals surface area contributed by atoms with Crippen LogP contribution in [0.3, 0.4) is 0 Å². The van der Waals surface area contributed by atoms with E-state index in [9.17, 15) is 16.8 Å². The molecular formula is C22H27Cl2N5O4S2. The minimum Gasteiger partial charge on any atom is -0.251 e. The van der Waals surface area contributed by atoms with Crippen LogP contribution >= 0.6 is 23.2 Å². The van der Waals surface area contributed by atoms with Crippen molar-refractivity contribution < 1.29 is 16.8 Å². The Balaban J connectivity index is 1.94. The smallest absolute Gasteiger partial charge is 0.251 e. The Morgan fingerprint density at radius 2 is 1.69 bits per heavy atom. The van der Waals surface area contributed by atoms with Crippen molar-refractivity contribution in [1.29, 1.82) is 0 Å². The zero-order valence-corrected chi connectivity index (χ0v) is 22.4. The van der Waals surface area contributed by atoms with Crippen molar-refractivity contribution >= 4 is 54.9 Å². The number of nitrogens with one attached hydrogen (secondary N) is 1. The molecule has 0 saturated heterocycles. The SMILES string of the molecule is CC[C@@H]1CN(C(=NCC[C@H](C)S(N)(=O)=O)NS(=O)(=O)c2ccc(Cl)cc2)N=C1c1ccc(Cl)cc1. The van der Waals surface area contributed by atoms with Gasteiger partial charge >= 0.3 is 0 Å². The fraction of sp³-hybridized carbons (Fsp3) is 0.364. The average Bonchev–Trinajstić information content (AvgIpc) is 3.23. The number of sulfonamides is 2. The van der Waals surface area contributed by atoms with Crippen molar-refractivity contribution in [1.82, 2.24) is 9.73 Å². The van der Waals surface area contributed by atoms with Crippen LogP contribution in [-0.2, 0) is 20.0 Å². The Morgan fingerprint density at radius 1 is 1.11 bits per heavy atom. The van der Waals surface area contributed by atoms with Crippen molar-refractivity contribution in [3.8, 4) is 0 Å². The number of nitrogens with two attached hydrogens (primary N) is 1. The molecule has 0 fully saturated rings. The number of hydrazone groups is 1. The third-order valence-electron chi connectivity index (χ3n) is 5.59. The molecule has 0 radical (unpaired) electrons. The Hall–Kier alpha value is -2.18. The molecule has 0 spiro atoms. The van der Waals surface area contributed by atoms with Crippen LogP contribution in [0.5, 0.6) is 0 Å². The predicted molar refractivity (Wildman–Crippen MR) is 140 cm³/mol. The molecule has 3 rings (SSSR count). The Bertz CT molecular complexity index is 1310. The van der Waals surface area contributed by atoms with Gasteiger partial charge < -0.3 is 0 Å². The number of rotatable bonds is 8. The first-order chi connectivity index (χ1) is 16.4. The first kappa shape index (κ1) is 27.4. The first-order valence-corrected chi connectivity index (χ1v) is 14.7. The van der Waals surface area contributed by atoms with Gasteiger partial charge in [0.25, 0.3) is 10.0 Å².